The standard InChI is InChI=1S/C27H38N4O4S/c1-16-21(36-15-29-16)18-10-8-17(9-11-18)12-28-23(33)19-13-31(14-20(19)32)24(34)22(26(2,3)4)30-25(35)27(5,6)7/h8-11,15,19-20,22,32H,12-14H2,1-7H3,(H,28,33)(H,30,35)/t19-,20-,22+/m1/s1. The van der Waals surface area contributed by atoms with Crippen molar-refractivity contribution in [2.45, 2.75) is 67.2 Å². The number of aliphatic hydroxyl groups is 1. The SMILES string of the molecule is Cc1ncsc1-c1ccc(CNC(=O)[C@@H]2CN(C(=O)[C@H](NC(=O)C(C)(C)C)C(C)(C)C)C[C@H]2O)cc1. The molecule has 0 radical (unpaired) electrons. The minimum absolute atomic E-state index is 0.0534. The number of likely N-dealkylation sites (tertiary alicyclic amines) is 1. The number of aliphatic hydroxyl groups excluding tert-OH is 1. The molecule has 1 aliphatic heterocycles. The van der Waals surface area contributed by atoms with Gasteiger partial charge < -0.3 is 20.6 Å². The normalized spacial score (nSPS) is 19.2. The van der Waals surface area contributed by atoms with Crippen molar-refractivity contribution in [2.24, 2.45) is 16.7 Å². The van der Waals surface area contributed by atoms with Gasteiger partial charge in [0.05, 0.1) is 28.1 Å². The third-order valence-electron chi connectivity index (χ3n) is 6.44. The fourth-order valence-corrected chi connectivity index (χ4v) is 4.89. The lowest BCUT2D eigenvalue weighted by atomic mass is 9.84. The van der Waals surface area contributed by atoms with Crippen LogP contribution in [-0.4, -0.2) is 57.9 Å². The summed E-state index contributed by atoms with van der Waals surface area (Å²) in [5.74, 6) is -1.54. The van der Waals surface area contributed by atoms with E-state index in [1.54, 1.807) is 32.1 Å². The van der Waals surface area contributed by atoms with Crippen LogP contribution in [0.4, 0.5) is 0 Å². The fourth-order valence-electron chi connectivity index (χ4n) is 4.08. The quantitative estimate of drug-likeness (QED) is 0.548. The number of nitrogens with zero attached hydrogens (tertiary/aromatic N) is 2. The van der Waals surface area contributed by atoms with Crippen LogP contribution in [-0.2, 0) is 20.9 Å². The molecule has 9 heteroatoms. The van der Waals surface area contributed by atoms with Crippen molar-refractivity contribution in [3.63, 3.8) is 0 Å². The molecule has 8 nitrogen and oxygen atoms in total. The lowest BCUT2D eigenvalue weighted by Crippen LogP contribution is -2.56. The summed E-state index contributed by atoms with van der Waals surface area (Å²) in [6.07, 6.45) is -0.968. The van der Waals surface area contributed by atoms with Crippen LogP contribution in [0.25, 0.3) is 10.4 Å². The molecule has 1 aliphatic rings. The second-order valence-corrected chi connectivity index (χ2v) is 12.5. The Balaban J connectivity index is 1.61. The van der Waals surface area contributed by atoms with E-state index in [9.17, 15) is 19.5 Å². The van der Waals surface area contributed by atoms with Crippen molar-refractivity contribution < 1.29 is 19.5 Å². The Morgan fingerprint density at radius 3 is 2.28 bits per heavy atom. The molecule has 196 valence electrons. The molecule has 1 saturated heterocycles. The van der Waals surface area contributed by atoms with Gasteiger partial charge in [0.15, 0.2) is 0 Å². The van der Waals surface area contributed by atoms with E-state index in [-0.39, 0.29) is 30.8 Å². The van der Waals surface area contributed by atoms with Crippen molar-refractivity contribution in [3.05, 3.63) is 41.0 Å². The van der Waals surface area contributed by atoms with Gasteiger partial charge in [0.1, 0.15) is 6.04 Å². The van der Waals surface area contributed by atoms with Crippen molar-refractivity contribution in [3.8, 4) is 10.4 Å². The van der Waals surface area contributed by atoms with Gasteiger partial charge in [0, 0.05) is 25.0 Å². The van der Waals surface area contributed by atoms with E-state index in [0.29, 0.717) is 6.54 Å². The molecule has 0 bridgehead atoms. The van der Waals surface area contributed by atoms with E-state index in [4.69, 9.17) is 0 Å². The predicted molar refractivity (Wildman–Crippen MR) is 141 cm³/mol. The number of hydrogen-bond donors (Lipinski definition) is 3. The van der Waals surface area contributed by atoms with Gasteiger partial charge in [0.2, 0.25) is 17.7 Å². The Morgan fingerprint density at radius 2 is 1.75 bits per heavy atom. The maximum Gasteiger partial charge on any atom is 0.245 e. The minimum Gasteiger partial charge on any atom is -0.390 e. The molecule has 0 unspecified atom stereocenters. The Bertz CT molecular complexity index is 1100. The van der Waals surface area contributed by atoms with Crippen LogP contribution >= 0.6 is 11.3 Å². The molecule has 36 heavy (non-hydrogen) atoms. The van der Waals surface area contributed by atoms with Gasteiger partial charge in [-0.1, -0.05) is 65.8 Å². The zero-order valence-electron chi connectivity index (χ0n) is 22.2. The van der Waals surface area contributed by atoms with Gasteiger partial charge in [-0.2, -0.15) is 0 Å². The molecule has 1 fully saturated rings. The molecule has 0 saturated carbocycles. The second kappa shape index (κ2) is 10.7. The number of amides is 3. The monoisotopic (exact) mass is 514 g/mol. The van der Waals surface area contributed by atoms with E-state index in [0.717, 1.165) is 21.7 Å². The highest BCUT2D eigenvalue weighted by atomic mass is 32.1. The van der Waals surface area contributed by atoms with Gasteiger partial charge in [-0.3, -0.25) is 14.4 Å². The highest BCUT2D eigenvalue weighted by Gasteiger charge is 2.44. The molecular formula is C27H38N4O4S. The van der Waals surface area contributed by atoms with E-state index >= 15 is 0 Å². The smallest absolute Gasteiger partial charge is 0.245 e. The summed E-state index contributed by atoms with van der Waals surface area (Å²) in [5, 5.41) is 16.4. The second-order valence-electron chi connectivity index (χ2n) is 11.6. The lowest BCUT2D eigenvalue weighted by molar-refractivity contribution is -0.141. The first kappa shape index (κ1) is 27.8. The van der Waals surface area contributed by atoms with Crippen molar-refractivity contribution in [1.29, 1.82) is 0 Å². The average molecular weight is 515 g/mol. The molecule has 3 amide bonds. The van der Waals surface area contributed by atoms with Crippen LogP contribution in [0.1, 0.15) is 52.8 Å². The topological polar surface area (TPSA) is 112 Å². The number of benzene rings is 1. The average Bonchev–Trinajstić information content (AvgIpc) is 3.39. The zero-order valence-corrected chi connectivity index (χ0v) is 23.0. The Kier molecular flexibility index (Phi) is 8.25. The highest BCUT2D eigenvalue weighted by molar-refractivity contribution is 7.13. The maximum absolute atomic E-state index is 13.4. The summed E-state index contributed by atoms with van der Waals surface area (Å²) in [5.41, 5.74) is 3.65. The Labute approximate surface area is 217 Å². The maximum atomic E-state index is 13.4. The summed E-state index contributed by atoms with van der Waals surface area (Å²) >= 11 is 1.59. The third kappa shape index (κ3) is 6.50. The van der Waals surface area contributed by atoms with Crippen LogP contribution < -0.4 is 10.6 Å². The first-order valence-electron chi connectivity index (χ1n) is 12.2. The fraction of sp³-hybridized carbons (Fsp3) is 0.556. The van der Waals surface area contributed by atoms with Crippen LogP contribution in [0.15, 0.2) is 29.8 Å². The van der Waals surface area contributed by atoms with Crippen LogP contribution in [0, 0.1) is 23.7 Å². The van der Waals surface area contributed by atoms with Gasteiger partial charge in [-0.05, 0) is 23.5 Å². The summed E-state index contributed by atoms with van der Waals surface area (Å²) in [6, 6.07) is 7.17. The van der Waals surface area contributed by atoms with E-state index < -0.39 is 28.9 Å². The molecule has 0 aliphatic carbocycles. The number of carbonyl (C=O) groups excluding carboxylic acids is 3. The number of rotatable bonds is 6. The Hall–Kier alpha value is -2.78. The first-order valence-corrected chi connectivity index (χ1v) is 13.1. The van der Waals surface area contributed by atoms with Gasteiger partial charge in [-0.25, -0.2) is 4.98 Å². The molecule has 1 aromatic carbocycles. The summed E-state index contributed by atoms with van der Waals surface area (Å²) < 4.78 is 0. The summed E-state index contributed by atoms with van der Waals surface area (Å²) in [4.78, 5) is 45.7. The molecule has 2 heterocycles. The molecular weight excluding hydrogens is 476 g/mol. The summed E-state index contributed by atoms with van der Waals surface area (Å²) in [7, 11) is 0. The number of carbonyl (C=O) groups is 3. The van der Waals surface area contributed by atoms with Gasteiger partial charge >= 0.3 is 0 Å². The van der Waals surface area contributed by atoms with E-state index in [2.05, 4.69) is 15.6 Å². The number of nitrogens with one attached hydrogen (secondary N) is 2. The van der Waals surface area contributed by atoms with Crippen LogP contribution in [0.5, 0.6) is 0 Å². The minimum atomic E-state index is -0.968. The number of β-amino-alcohol motifs (C(OH)–C–C–N with tert-alkyl or cyclic N) is 1. The van der Waals surface area contributed by atoms with E-state index in [1.165, 1.54) is 4.90 Å². The summed E-state index contributed by atoms with van der Waals surface area (Å²) in [6.45, 7) is 13.5. The van der Waals surface area contributed by atoms with Gasteiger partial charge in [0.25, 0.3) is 0 Å². The molecule has 2 aromatic rings. The number of thiazole rings is 1. The first-order chi connectivity index (χ1) is 16.7. The Morgan fingerprint density at radius 1 is 1.11 bits per heavy atom. The molecule has 3 N–H and O–H groups in total. The molecule has 3 atom stereocenters. The van der Waals surface area contributed by atoms with E-state index in [1.807, 2.05) is 57.5 Å². The molecule has 3 rings (SSSR count). The lowest BCUT2D eigenvalue weighted by Gasteiger charge is -2.35. The van der Waals surface area contributed by atoms with Crippen molar-refractivity contribution in [2.75, 3.05) is 13.1 Å². The third-order valence-corrected chi connectivity index (χ3v) is 7.41. The van der Waals surface area contributed by atoms with Crippen molar-refractivity contribution in [1.82, 2.24) is 20.5 Å². The predicted octanol–water partition coefficient (Wildman–Crippen LogP) is 3.13. The number of aryl methyl sites for hydroxylation is 1. The molecule has 1 aromatic heterocycles. The van der Waals surface area contributed by atoms with Gasteiger partial charge in [-0.15, -0.1) is 11.3 Å². The van der Waals surface area contributed by atoms with Crippen molar-refractivity contribution >= 4 is 29.1 Å². The highest BCUT2D eigenvalue weighted by Crippen LogP contribution is 2.28. The number of hydrogen-bond acceptors (Lipinski definition) is 6. The zero-order chi connectivity index (χ0) is 26.8. The molecule has 0 spiro atoms. The van der Waals surface area contributed by atoms with Crippen LogP contribution in [0.2, 0.25) is 0 Å². The largest absolute Gasteiger partial charge is 0.390 e. The number of aromatic nitrogens is 1. The van der Waals surface area contributed by atoms with Crippen LogP contribution in [0.3, 0.4) is 0 Å².